The summed E-state index contributed by atoms with van der Waals surface area (Å²) in [6.45, 7) is 6.64. The Morgan fingerprint density at radius 2 is 2.32 bits per heavy atom. The number of amides is 1. The molecule has 1 amide bonds. The van der Waals surface area contributed by atoms with E-state index in [2.05, 4.69) is 6.58 Å². The SMILES string of the molecule is C=CCN(C(=O)c1cccc(N)c1OCC)C1CC1. The lowest BCUT2D eigenvalue weighted by Crippen LogP contribution is -2.33. The Hall–Kier alpha value is -1.97. The number of nitrogen functional groups attached to an aromatic ring is 1. The molecule has 0 aromatic heterocycles. The average Bonchev–Trinajstić information content (AvgIpc) is 3.22. The monoisotopic (exact) mass is 260 g/mol. The third-order valence-corrected chi connectivity index (χ3v) is 3.14. The van der Waals surface area contributed by atoms with Crippen LogP contribution in [0.2, 0.25) is 0 Å². The second-order valence-electron chi connectivity index (χ2n) is 4.63. The van der Waals surface area contributed by atoms with E-state index in [4.69, 9.17) is 10.5 Å². The first-order valence-corrected chi connectivity index (χ1v) is 6.62. The fourth-order valence-corrected chi connectivity index (χ4v) is 2.11. The molecule has 0 aliphatic heterocycles. The van der Waals surface area contributed by atoms with E-state index in [0.717, 1.165) is 12.8 Å². The minimum atomic E-state index is -0.0295. The van der Waals surface area contributed by atoms with E-state index in [1.807, 2.05) is 11.8 Å². The lowest BCUT2D eigenvalue weighted by Gasteiger charge is -2.22. The molecule has 0 bridgehead atoms. The highest BCUT2D eigenvalue weighted by Crippen LogP contribution is 2.32. The molecule has 0 radical (unpaired) electrons. The zero-order valence-corrected chi connectivity index (χ0v) is 11.3. The Morgan fingerprint density at radius 3 is 2.89 bits per heavy atom. The number of nitrogens with two attached hydrogens (primary N) is 1. The summed E-state index contributed by atoms with van der Waals surface area (Å²) in [7, 11) is 0. The van der Waals surface area contributed by atoms with Crippen LogP contribution in [-0.4, -0.2) is 30.0 Å². The summed E-state index contributed by atoms with van der Waals surface area (Å²) in [6.07, 6.45) is 3.88. The Labute approximate surface area is 113 Å². The molecule has 1 aliphatic carbocycles. The molecule has 1 aliphatic rings. The minimum Gasteiger partial charge on any atom is -0.491 e. The molecule has 102 valence electrons. The van der Waals surface area contributed by atoms with Crippen molar-refractivity contribution in [2.24, 2.45) is 0 Å². The van der Waals surface area contributed by atoms with Crippen molar-refractivity contribution in [1.29, 1.82) is 0 Å². The van der Waals surface area contributed by atoms with Gasteiger partial charge in [0.25, 0.3) is 5.91 Å². The second-order valence-corrected chi connectivity index (χ2v) is 4.63. The van der Waals surface area contributed by atoms with E-state index < -0.39 is 0 Å². The topological polar surface area (TPSA) is 55.6 Å². The van der Waals surface area contributed by atoms with Crippen molar-refractivity contribution in [3.63, 3.8) is 0 Å². The van der Waals surface area contributed by atoms with Gasteiger partial charge < -0.3 is 15.4 Å². The highest BCUT2D eigenvalue weighted by atomic mass is 16.5. The largest absolute Gasteiger partial charge is 0.491 e. The standard InChI is InChI=1S/C15H20N2O2/c1-3-10-17(11-8-9-11)15(18)12-6-5-7-13(16)14(12)19-4-2/h3,5-7,11H,1,4,8-10,16H2,2H3. The van der Waals surface area contributed by atoms with E-state index in [0.29, 0.717) is 36.2 Å². The molecule has 1 aromatic rings. The Kier molecular flexibility index (Phi) is 4.10. The first kappa shape index (κ1) is 13.5. The van der Waals surface area contributed by atoms with Crippen LogP contribution in [0.15, 0.2) is 30.9 Å². The maximum Gasteiger partial charge on any atom is 0.258 e. The van der Waals surface area contributed by atoms with Gasteiger partial charge in [0.05, 0.1) is 17.9 Å². The summed E-state index contributed by atoms with van der Waals surface area (Å²) in [4.78, 5) is 14.4. The zero-order chi connectivity index (χ0) is 13.8. The lowest BCUT2D eigenvalue weighted by molar-refractivity contribution is 0.0758. The lowest BCUT2D eigenvalue weighted by atomic mass is 10.1. The van der Waals surface area contributed by atoms with Crippen LogP contribution in [-0.2, 0) is 0 Å². The molecule has 4 heteroatoms. The molecule has 4 nitrogen and oxygen atoms in total. The summed E-state index contributed by atoms with van der Waals surface area (Å²) in [5.74, 6) is 0.461. The van der Waals surface area contributed by atoms with Crippen LogP contribution in [0.4, 0.5) is 5.69 Å². The maximum absolute atomic E-state index is 12.6. The van der Waals surface area contributed by atoms with Crippen LogP contribution >= 0.6 is 0 Å². The molecule has 19 heavy (non-hydrogen) atoms. The minimum absolute atomic E-state index is 0.0295. The van der Waals surface area contributed by atoms with Gasteiger partial charge in [-0.15, -0.1) is 6.58 Å². The molecule has 0 heterocycles. The molecule has 0 atom stereocenters. The van der Waals surface area contributed by atoms with Gasteiger partial charge in [0.1, 0.15) is 0 Å². The number of hydrogen-bond acceptors (Lipinski definition) is 3. The van der Waals surface area contributed by atoms with Gasteiger partial charge in [-0.3, -0.25) is 4.79 Å². The third kappa shape index (κ3) is 2.89. The van der Waals surface area contributed by atoms with Gasteiger partial charge in [0.2, 0.25) is 0 Å². The number of para-hydroxylation sites is 1. The van der Waals surface area contributed by atoms with Gasteiger partial charge in [-0.1, -0.05) is 12.1 Å². The van der Waals surface area contributed by atoms with Crippen molar-refractivity contribution in [1.82, 2.24) is 4.90 Å². The van der Waals surface area contributed by atoms with Gasteiger partial charge >= 0.3 is 0 Å². The summed E-state index contributed by atoms with van der Waals surface area (Å²) >= 11 is 0. The summed E-state index contributed by atoms with van der Waals surface area (Å²) < 4.78 is 5.52. The van der Waals surface area contributed by atoms with Crippen molar-refractivity contribution in [3.8, 4) is 5.75 Å². The van der Waals surface area contributed by atoms with E-state index in [1.165, 1.54) is 0 Å². The second kappa shape index (κ2) is 5.78. The highest BCUT2D eigenvalue weighted by Gasteiger charge is 2.33. The van der Waals surface area contributed by atoms with Crippen molar-refractivity contribution in [2.45, 2.75) is 25.8 Å². The molecule has 0 saturated heterocycles. The molecule has 2 rings (SSSR count). The Bertz CT molecular complexity index is 481. The molecule has 0 unspecified atom stereocenters. The highest BCUT2D eigenvalue weighted by molar-refractivity contribution is 5.99. The summed E-state index contributed by atoms with van der Waals surface area (Å²) in [6, 6.07) is 5.63. The fourth-order valence-electron chi connectivity index (χ4n) is 2.11. The van der Waals surface area contributed by atoms with E-state index in [1.54, 1.807) is 24.3 Å². The molecule has 1 aromatic carbocycles. The fraction of sp³-hybridized carbons (Fsp3) is 0.400. The third-order valence-electron chi connectivity index (χ3n) is 3.14. The van der Waals surface area contributed by atoms with Gasteiger partial charge in [0, 0.05) is 12.6 Å². The van der Waals surface area contributed by atoms with Gasteiger partial charge in [-0.25, -0.2) is 0 Å². The van der Waals surface area contributed by atoms with Crippen LogP contribution in [0.3, 0.4) is 0 Å². The molecule has 1 fully saturated rings. The Morgan fingerprint density at radius 1 is 1.58 bits per heavy atom. The van der Waals surface area contributed by atoms with Crippen LogP contribution < -0.4 is 10.5 Å². The smallest absolute Gasteiger partial charge is 0.258 e. The molecule has 2 N–H and O–H groups in total. The number of ether oxygens (including phenoxy) is 1. The molecular weight excluding hydrogens is 240 g/mol. The molecule has 0 spiro atoms. The number of anilines is 1. The van der Waals surface area contributed by atoms with Gasteiger partial charge in [-0.05, 0) is 31.9 Å². The van der Waals surface area contributed by atoms with E-state index in [9.17, 15) is 4.79 Å². The normalized spacial score (nSPS) is 13.9. The first-order chi connectivity index (χ1) is 9.19. The van der Waals surface area contributed by atoms with Gasteiger partial charge in [0.15, 0.2) is 5.75 Å². The van der Waals surface area contributed by atoms with Crippen molar-refractivity contribution in [2.75, 3.05) is 18.9 Å². The number of rotatable bonds is 6. The number of nitrogens with zero attached hydrogens (tertiary/aromatic N) is 1. The van der Waals surface area contributed by atoms with E-state index in [-0.39, 0.29) is 5.91 Å². The molecular formula is C15H20N2O2. The summed E-state index contributed by atoms with van der Waals surface area (Å²) in [5.41, 5.74) is 6.93. The number of benzene rings is 1. The maximum atomic E-state index is 12.6. The Balaban J connectivity index is 2.31. The number of carbonyl (C=O) groups excluding carboxylic acids is 1. The number of carbonyl (C=O) groups is 1. The zero-order valence-electron chi connectivity index (χ0n) is 11.3. The average molecular weight is 260 g/mol. The van der Waals surface area contributed by atoms with E-state index >= 15 is 0 Å². The molecule has 1 saturated carbocycles. The predicted octanol–water partition coefficient (Wildman–Crippen LogP) is 2.46. The van der Waals surface area contributed by atoms with Crippen LogP contribution in [0.1, 0.15) is 30.1 Å². The van der Waals surface area contributed by atoms with Crippen LogP contribution in [0.5, 0.6) is 5.75 Å². The predicted molar refractivity (Wildman–Crippen MR) is 76.3 cm³/mol. The summed E-state index contributed by atoms with van der Waals surface area (Å²) in [5, 5.41) is 0. The van der Waals surface area contributed by atoms with Crippen molar-refractivity contribution >= 4 is 11.6 Å². The van der Waals surface area contributed by atoms with Crippen molar-refractivity contribution < 1.29 is 9.53 Å². The van der Waals surface area contributed by atoms with Crippen LogP contribution in [0.25, 0.3) is 0 Å². The first-order valence-electron chi connectivity index (χ1n) is 6.62. The van der Waals surface area contributed by atoms with Crippen LogP contribution in [0, 0.1) is 0 Å². The van der Waals surface area contributed by atoms with Gasteiger partial charge in [-0.2, -0.15) is 0 Å². The van der Waals surface area contributed by atoms with Crippen molar-refractivity contribution in [3.05, 3.63) is 36.4 Å². The quantitative estimate of drug-likeness (QED) is 0.631. The number of hydrogen-bond donors (Lipinski definition) is 1.